The third kappa shape index (κ3) is 6.37. The van der Waals surface area contributed by atoms with E-state index in [9.17, 15) is 17.3 Å². The summed E-state index contributed by atoms with van der Waals surface area (Å²) in [5, 5.41) is 3.34. The standard InChI is InChI=1S/C21H13Cl2NO.BF4/c22-15-10-8-14(9-11-15)21-13-19(18-6-1-2-7-20(18)25-21)24-17-5-3-4-16(23)12-17;2-1(3,4)5/h1-13H;/q;-1/p+1. The highest BCUT2D eigenvalue weighted by Gasteiger charge is 2.20. The van der Waals surface area contributed by atoms with Crippen LogP contribution in [0, 0.1) is 0 Å². The van der Waals surface area contributed by atoms with Crippen molar-refractivity contribution in [1.29, 1.82) is 0 Å². The number of benzene rings is 3. The van der Waals surface area contributed by atoms with Crippen LogP contribution < -0.4 is 10.3 Å². The highest BCUT2D eigenvalue weighted by atomic mass is 35.5. The smallest absolute Gasteiger partial charge is 0.456 e. The molecule has 0 spiro atoms. The molecule has 0 aliphatic heterocycles. The Balaban J connectivity index is 0.000000461. The molecule has 0 saturated heterocycles. The molecule has 30 heavy (non-hydrogen) atoms. The first-order valence-electron chi connectivity index (χ1n) is 8.71. The van der Waals surface area contributed by atoms with Crippen molar-refractivity contribution in [2.45, 2.75) is 0 Å². The Morgan fingerprint density at radius 2 is 1.40 bits per heavy atom. The second-order valence-electron chi connectivity index (χ2n) is 6.16. The quantitative estimate of drug-likeness (QED) is 0.291. The van der Waals surface area contributed by atoms with Crippen molar-refractivity contribution in [2.24, 2.45) is 0 Å². The van der Waals surface area contributed by atoms with Crippen molar-refractivity contribution in [1.82, 2.24) is 0 Å². The van der Waals surface area contributed by atoms with Gasteiger partial charge in [-0.3, -0.25) is 0 Å². The molecule has 1 N–H and O–H groups in total. The molecular formula is C21H14BCl2F4NO. The third-order valence-electron chi connectivity index (χ3n) is 3.90. The van der Waals surface area contributed by atoms with Crippen molar-refractivity contribution < 1.29 is 26.7 Å². The van der Waals surface area contributed by atoms with Gasteiger partial charge in [-0.15, -0.1) is 0 Å². The molecule has 0 aliphatic carbocycles. The van der Waals surface area contributed by atoms with Gasteiger partial charge in [-0.25, -0.2) is 4.99 Å². The lowest BCUT2D eigenvalue weighted by Crippen LogP contribution is -2.70. The average Bonchev–Trinajstić information content (AvgIpc) is 2.67. The third-order valence-corrected chi connectivity index (χ3v) is 4.39. The fourth-order valence-corrected chi connectivity index (χ4v) is 3.03. The van der Waals surface area contributed by atoms with Gasteiger partial charge in [0.25, 0.3) is 0 Å². The fourth-order valence-electron chi connectivity index (χ4n) is 2.72. The van der Waals surface area contributed by atoms with Gasteiger partial charge in [0.15, 0.2) is 0 Å². The fraction of sp³-hybridized carbons (Fsp3) is 0. The Morgan fingerprint density at radius 3 is 2.07 bits per heavy atom. The maximum atomic E-state index is 9.75. The zero-order valence-corrected chi connectivity index (χ0v) is 16.8. The average molecular weight is 454 g/mol. The van der Waals surface area contributed by atoms with Crippen LogP contribution in [-0.2, 0) is 0 Å². The lowest BCUT2D eigenvalue weighted by molar-refractivity contribution is -0.400. The molecule has 0 amide bonds. The lowest BCUT2D eigenvalue weighted by Gasteiger charge is -2.03. The van der Waals surface area contributed by atoms with E-state index in [1.54, 1.807) is 0 Å². The van der Waals surface area contributed by atoms with Gasteiger partial charge in [0.05, 0.1) is 11.5 Å². The molecule has 4 rings (SSSR count). The molecule has 154 valence electrons. The van der Waals surface area contributed by atoms with Gasteiger partial charge >= 0.3 is 7.25 Å². The summed E-state index contributed by atoms with van der Waals surface area (Å²) in [6.45, 7) is 0. The van der Waals surface area contributed by atoms with Crippen molar-refractivity contribution >= 4 is 47.1 Å². The summed E-state index contributed by atoms with van der Waals surface area (Å²) < 4.78 is 45.1. The van der Waals surface area contributed by atoms with E-state index in [0.29, 0.717) is 10.0 Å². The molecule has 0 saturated carbocycles. The second kappa shape index (κ2) is 9.37. The minimum Gasteiger partial charge on any atom is -0.456 e. The topological polar surface area (TPSA) is 27.1 Å². The van der Waals surface area contributed by atoms with Crippen LogP contribution >= 0.6 is 23.2 Å². The van der Waals surface area contributed by atoms with Crippen molar-refractivity contribution in [3.05, 3.63) is 94.3 Å². The molecule has 0 atom stereocenters. The van der Waals surface area contributed by atoms with Crippen LogP contribution in [0.3, 0.4) is 0 Å². The minimum atomic E-state index is -6.00. The van der Waals surface area contributed by atoms with Gasteiger partial charge in [-0.1, -0.05) is 41.4 Å². The van der Waals surface area contributed by atoms with Crippen LogP contribution in [0.5, 0.6) is 0 Å². The van der Waals surface area contributed by atoms with Gasteiger partial charge in [-0.2, -0.15) is 0 Å². The summed E-state index contributed by atoms with van der Waals surface area (Å²) in [5.74, 6) is 0.764. The van der Waals surface area contributed by atoms with E-state index in [1.165, 1.54) is 0 Å². The molecule has 4 aromatic rings. The first-order chi connectivity index (χ1) is 14.2. The van der Waals surface area contributed by atoms with E-state index in [2.05, 4.69) is 4.99 Å². The summed E-state index contributed by atoms with van der Waals surface area (Å²) in [4.78, 5) is 3.44. The van der Waals surface area contributed by atoms with Crippen LogP contribution in [0.25, 0.3) is 22.3 Å². The maximum absolute atomic E-state index is 9.75. The number of halogens is 6. The van der Waals surface area contributed by atoms with Crippen LogP contribution in [0.2, 0.25) is 10.0 Å². The molecule has 0 bridgehead atoms. The Kier molecular flexibility index (Phi) is 6.85. The monoisotopic (exact) mass is 453 g/mol. The SMILES string of the molecule is Clc1ccc(-c2cc(=[NH+]c3cccc(Cl)c3)c3ccccc3o2)cc1.F[B-](F)(F)F. The summed E-state index contributed by atoms with van der Waals surface area (Å²) in [5.41, 5.74) is 2.69. The predicted octanol–water partition coefficient (Wildman–Crippen LogP) is 6.02. The molecule has 0 unspecified atom stereocenters. The Bertz CT molecular complexity index is 1220. The second-order valence-corrected chi connectivity index (χ2v) is 7.03. The van der Waals surface area contributed by atoms with Gasteiger partial charge < -0.3 is 21.7 Å². The predicted molar refractivity (Wildman–Crippen MR) is 112 cm³/mol. The zero-order valence-electron chi connectivity index (χ0n) is 15.3. The molecule has 3 aromatic carbocycles. The number of nitrogens with one attached hydrogen (secondary N) is 1. The van der Waals surface area contributed by atoms with Crippen LogP contribution in [0.1, 0.15) is 0 Å². The van der Waals surface area contributed by atoms with E-state index in [0.717, 1.165) is 33.3 Å². The largest absolute Gasteiger partial charge is 0.673 e. The molecule has 0 aliphatic rings. The van der Waals surface area contributed by atoms with Gasteiger partial charge in [-0.05, 0) is 42.5 Å². The van der Waals surface area contributed by atoms with Gasteiger partial charge in [0, 0.05) is 27.7 Å². The van der Waals surface area contributed by atoms with Crippen LogP contribution in [-0.4, -0.2) is 7.25 Å². The van der Waals surface area contributed by atoms with Gasteiger partial charge in [0.2, 0.25) is 11.0 Å². The number of fused-ring (bicyclic) bond motifs is 1. The number of hydrogen-bond donors (Lipinski definition) is 1. The van der Waals surface area contributed by atoms with Gasteiger partial charge in [0.1, 0.15) is 11.3 Å². The van der Waals surface area contributed by atoms with E-state index < -0.39 is 7.25 Å². The molecular weight excluding hydrogens is 440 g/mol. The Morgan fingerprint density at radius 1 is 0.733 bits per heavy atom. The van der Waals surface area contributed by atoms with Crippen LogP contribution in [0.4, 0.5) is 23.0 Å². The van der Waals surface area contributed by atoms with E-state index in [1.807, 2.05) is 78.9 Å². The normalized spacial score (nSPS) is 11.9. The summed E-state index contributed by atoms with van der Waals surface area (Å²) in [7, 11) is -6.00. The van der Waals surface area contributed by atoms with E-state index in [-0.39, 0.29) is 0 Å². The molecule has 2 nitrogen and oxygen atoms in total. The first kappa shape index (κ1) is 21.9. The molecule has 1 heterocycles. The van der Waals surface area contributed by atoms with Crippen molar-refractivity contribution in [2.75, 3.05) is 0 Å². The Hall–Kier alpha value is -2.77. The minimum absolute atomic E-state index is 0.688. The van der Waals surface area contributed by atoms with E-state index >= 15 is 0 Å². The first-order valence-corrected chi connectivity index (χ1v) is 9.46. The molecule has 9 heteroatoms. The maximum Gasteiger partial charge on any atom is 0.673 e. The van der Waals surface area contributed by atoms with E-state index in [4.69, 9.17) is 27.6 Å². The molecule has 0 fully saturated rings. The lowest BCUT2D eigenvalue weighted by atomic mass is 10.1. The van der Waals surface area contributed by atoms with Crippen molar-refractivity contribution in [3.63, 3.8) is 0 Å². The molecule has 1 aromatic heterocycles. The summed E-state index contributed by atoms with van der Waals surface area (Å²) in [6, 6.07) is 25.2. The van der Waals surface area contributed by atoms with Crippen molar-refractivity contribution in [3.8, 4) is 11.3 Å². The number of rotatable bonds is 2. The highest BCUT2D eigenvalue weighted by Crippen LogP contribution is 2.23. The zero-order chi connectivity index (χ0) is 21.7. The van der Waals surface area contributed by atoms with Crippen LogP contribution in [0.15, 0.2) is 83.3 Å². The summed E-state index contributed by atoms with van der Waals surface area (Å²) >= 11 is 12.1. The molecule has 0 radical (unpaired) electrons. The Labute approximate surface area is 179 Å². The number of hydrogen-bond acceptors (Lipinski definition) is 1. The number of para-hydroxylation sites is 1. The highest BCUT2D eigenvalue weighted by molar-refractivity contribution is 6.50. The summed E-state index contributed by atoms with van der Waals surface area (Å²) in [6.07, 6.45) is 0.